The minimum absolute atomic E-state index is 0. The highest BCUT2D eigenvalue weighted by atomic mass is 16.3. The van der Waals surface area contributed by atoms with E-state index in [1.165, 1.54) is 12.0 Å². The van der Waals surface area contributed by atoms with Gasteiger partial charge in [-0.25, -0.2) is 4.98 Å². The number of aromatic hydroxyl groups is 2. The quantitative estimate of drug-likeness (QED) is 0.374. The van der Waals surface area contributed by atoms with Gasteiger partial charge in [-0.1, -0.05) is 83.5 Å². The molecule has 0 fully saturated rings. The molecule has 0 saturated carbocycles. The maximum Gasteiger partial charge on any atom is 0.141 e. The Labute approximate surface area is 178 Å². The Morgan fingerprint density at radius 3 is 1.83 bits per heavy atom. The number of phenols is 2. The van der Waals surface area contributed by atoms with Crippen molar-refractivity contribution < 1.29 is 10.2 Å². The van der Waals surface area contributed by atoms with E-state index in [2.05, 4.69) is 25.4 Å². The molecular weight excluding hydrogens is 358 g/mol. The number of nitrogens with zero attached hydrogens (tertiary/aromatic N) is 1. The van der Waals surface area contributed by atoms with Crippen molar-refractivity contribution in [1.29, 1.82) is 0 Å². The lowest BCUT2D eigenvalue weighted by atomic mass is 10.2. The highest BCUT2D eigenvalue weighted by Gasteiger charge is 1.98. The molecule has 3 aromatic rings. The lowest BCUT2D eigenvalue weighted by Gasteiger charge is -1.99. The zero-order valence-electron chi connectivity index (χ0n) is 18.5. The predicted molar refractivity (Wildman–Crippen MR) is 131 cm³/mol. The topological polar surface area (TPSA) is 53.4 Å². The van der Waals surface area contributed by atoms with Crippen LogP contribution in [0.2, 0.25) is 0 Å². The first-order valence-electron chi connectivity index (χ1n) is 9.77. The van der Waals surface area contributed by atoms with E-state index < -0.39 is 0 Å². The molecule has 1 heterocycles. The fourth-order valence-corrected chi connectivity index (χ4v) is 1.77. The van der Waals surface area contributed by atoms with Gasteiger partial charge in [0, 0.05) is 11.1 Å². The summed E-state index contributed by atoms with van der Waals surface area (Å²) in [5.74, 6) is 0.576. The molecule has 0 bridgehead atoms. The van der Waals surface area contributed by atoms with Crippen molar-refractivity contribution in [3.63, 3.8) is 0 Å². The van der Waals surface area contributed by atoms with Gasteiger partial charge in [0.15, 0.2) is 0 Å². The lowest BCUT2D eigenvalue weighted by molar-refractivity contribution is 0.475. The molecule has 0 aliphatic rings. The van der Waals surface area contributed by atoms with Gasteiger partial charge in [0.05, 0.1) is 0 Å². The largest absolute Gasteiger partial charge is 0.508 e. The van der Waals surface area contributed by atoms with Gasteiger partial charge in [-0.3, -0.25) is 0 Å². The summed E-state index contributed by atoms with van der Waals surface area (Å²) in [7, 11) is 0. The molecule has 1 aromatic heterocycles. The summed E-state index contributed by atoms with van der Waals surface area (Å²) in [6.45, 7) is 17.4. The Bertz CT molecular complexity index is 744. The van der Waals surface area contributed by atoms with Crippen LogP contribution in [-0.4, -0.2) is 15.2 Å². The summed E-state index contributed by atoms with van der Waals surface area (Å²) in [6.07, 6.45) is 3.00. The van der Waals surface area contributed by atoms with Gasteiger partial charge in [-0.2, -0.15) is 0 Å². The van der Waals surface area contributed by atoms with Crippen LogP contribution in [0.5, 0.6) is 11.5 Å². The SMILES string of the molecule is C.C=CC.CC.CCC.Cc1ccc(O)cc1.Cc1ccc2cccc(O)c2n1. The normalized spacial score (nSPS) is 8.10. The van der Waals surface area contributed by atoms with Crippen molar-refractivity contribution in [2.24, 2.45) is 0 Å². The summed E-state index contributed by atoms with van der Waals surface area (Å²) in [6, 6.07) is 16.4. The first-order chi connectivity index (χ1) is 13.4. The third kappa shape index (κ3) is 14.9. The Hall–Kier alpha value is -2.81. The molecule has 2 aromatic carbocycles. The van der Waals surface area contributed by atoms with Crippen molar-refractivity contribution in [2.45, 2.75) is 62.3 Å². The second kappa shape index (κ2) is 19.9. The van der Waals surface area contributed by atoms with E-state index >= 15 is 0 Å². The van der Waals surface area contributed by atoms with E-state index in [0.29, 0.717) is 11.3 Å². The van der Waals surface area contributed by atoms with E-state index in [0.717, 1.165) is 11.1 Å². The van der Waals surface area contributed by atoms with Crippen LogP contribution in [0.4, 0.5) is 0 Å². The number of phenolic OH excluding ortho intramolecular Hbond substituents is 2. The zero-order chi connectivity index (χ0) is 21.9. The molecule has 0 atom stereocenters. The lowest BCUT2D eigenvalue weighted by Crippen LogP contribution is -1.82. The zero-order valence-corrected chi connectivity index (χ0v) is 18.5. The molecule has 0 radical (unpaired) electrons. The first-order valence-corrected chi connectivity index (χ1v) is 9.77. The average Bonchev–Trinajstić information content (AvgIpc) is 2.68. The molecule has 3 heteroatoms. The smallest absolute Gasteiger partial charge is 0.141 e. The highest BCUT2D eigenvalue weighted by Crippen LogP contribution is 2.21. The van der Waals surface area contributed by atoms with E-state index in [-0.39, 0.29) is 13.2 Å². The minimum atomic E-state index is 0. The Kier molecular flexibility index (Phi) is 21.2. The Morgan fingerprint density at radius 2 is 1.38 bits per heavy atom. The summed E-state index contributed by atoms with van der Waals surface area (Å²) >= 11 is 0. The van der Waals surface area contributed by atoms with Gasteiger partial charge >= 0.3 is 0 Å². The average molecular weight is 400 g/mol. The number of hydrogen-bond donors (Lipinski definition) is 2. The summed E-state index contributed by atoms with van der Waals surface area (Å²) in [5, 5.41) is 19.2. The van der Waals surface area contributed by atoms with Gasteiger partial charge in [0.1, 0.15) is 17.0 Å². The summed E-state index contributed by atoms with van der Waals surface area (Å²) < 4.78 is 0. The van der Waals surface area contributed by atoms with Gasteiger partial charge < -0.3 is 10.2 Å². The number of rotatable bonds is 0. The molecule has 0 spiro atoms. The monoisotopic (exact) mass is 399 g/mol. The van der Waals surface area contributed by atoms with Crippen molar-refractivity contribution in [3.05, 3.63) is 78.5 Å². The van der Waals surface area contributed by atoms with Crippen LogP contribution in [0.3, 0.4) is 0 Å². The molecule has 3 rings (SSSR count). The molecule has 162 valence electrons. The number of aryl methyl sites for hydroxylation is 2. The number of fused-ring (bicyclic) bond motifs is 1. The number of aromatic nitrogens is 1. The number of pyridine rings is 1. The molecule has 0 aliphatic carbocycles. The molecule has 0 amide bonds. The van der Waals surface area contributed by atoms with Gasteiger partial charge in [-0.05, 0) is 45.0 Å². The van der Waals surface area contributed by atoms with Gasteiger partial charge in [-0.15, -0.1) is 6.58 Å². The number of benzene rings is 2. The molecular formula is C26H41NO2. The standard InChI is InChI=1S/C10H9NO.C7H8O.C3H8.C3H6.C2H6.CH4/c1-7-5-6-8-3-2-4-9(12)10(8)11-7;1-6-2-4-7(8)5-3-6;2*1-3-2;1-2;/h2-6,12H,1H3;2-5,8H,1H3;3H2,1-2H3;3H,1H2,2H3;1-2H3;1H4. The number of allylic oxidation sites excluding steroid dienone is 1. The van der Waals surface area contributed by atoms with E-state index in [1.807, 2.05) is 71.0 Å². The van der Waals surface area contributed by atoms with Crippen molar-refractivity contribution in [3.8, 4) is 11.5 Å². The second-order valence-corrected chi connectivity index (χ2v) is 5.75. The van der Waals surface area contributed by atoms with E-state index in [9.17, 15) is 5.11 Å². The van der Waals surface area contributed by atoms with Gasteiger partial charge in [0.25, 0.3) is 0 Å². The fourth-order valence-electron chi connectivity index (χ4n) is 1.77. The van der Waals surface area contributed by atoms with Crippen LogP contribution in [0, 0.1) is 13.8 Å². The van der Waals surface area contributed by atoms with Crippen LogP contribution < -0.4 is 0 Å². The summed E-state index contributed by atoms with van der Waals surface area (Å²) in [4.78, 5) is 4.23. The Balaban J connectivity index is -0.000000348. The minimum Gasteiger partial charge on any atom is -0.508 e. The van der Waals surface area contributed by atoms with Crippen molar-refractivity contribution in [2.75, 3.05) is 0 Å². The third-order valence-corrected chi connectivity index (χ3v) is 2.87. The third-order valence-electron chi connectivity index (χ3n) is 2.87. The molecule has 0 unspecified atom stereocenters. The number of para-hydroxylation sites is 1. The second-order valence-electron chi connectivity index (χ2n) is 5.75. The van der Waals surface area contributed by atoms with Gasteiger partial charge in [0.2, 0.25) is 0 Å². The number of hydrogen-bond acceptors (Lipinski definition) is 3. The van der Waals surface area contributed by atoms with Crippen LogP contribution in [-0.2, 0) is 0 Å². The van der Waals surface area contributed by atoms with Crippen LogP contribution in [0.25, 0.3) is 10.9 Å². The molecule has 0 aliphatic heterocycles. The Morgan fingerprint density at radius 1 is 0.897 bits per heavy atom. The van der Waals surface area contributed by atoms with Crippen LogP contribution in [0.1, 0.15) is 59.7 Å². The van der Waals surface area contributed by atoms with Crippen LogP contribution >= 0.6 is 0 Å². The molecule has 2 N–H and O–H groups in total. The predicted octanol–water partition coefficient (Wildman–Crippen LogP) is 8.22. The molecule has 29 heavy (non-hydrogen) atoms. The van der Waals surface area contributed by atoms with Crippen LogP contribution in [0.15, 0.2) is 67.3 Å². The maximum atomic E-state index is 9.43. The maximum absolute atomic E-state index is 9.43. The van der Waals surface area contributed by atoms with Crippen molar-refractivity contribution >= 4 is 10.9 Å². The van der Waals surface area contributed by atoms with Crippen molar-refractivity contribution in [1.82, 2.24) is 4.98 Å². The summed E-state index contributed by atoms with van der Waals surface area (Å²) in [5.41, 5.74) is 2.77. The van der Waals surface area contributed by atoms with E-state index in [4.69, 9.17) is 5.11 Å². The fraction of sp³-hybridized carbons (Fsp3) is 0.346. The molecule has 0 saturated heterocycles. The molecule has 3 nitrogen and oxygen atoms in total. The highest BCUT2D eigenvalue weighted by molar-refractivity contribution is 5.84. The first kappa shape index (κ1) is 30.9. The van der Waals surface area contributed by atoms with E-state index in [1.54, 1.807) is 24.3 Å².